The summed E-state index contributed by atoms with van der Waals surface area (Å²) in [6, 6.07) is 1.43. The largest absolute Gasteiger partial charge is 0.315 e. The molecule has 0 bridgehead atoms. The van der Waals surface area contributed by atoms with Gasteiger partial charge in [-0.15, -0.1) is 0 Å². The van der Waals surface area contributed by atoms with Crippen molar-refractivity contribution < 1.29 is 0 Å². The topological polar surface area (TPSA) is 15.3 Å². The molecule has 2 unspecified atom stereocenters. The van der Waals surface area contributed by atoms with Crippen LogP contribution in [0, 0.1) is 0 Å². The van der Waals surface area contributed by atoms with E-state index in [0.717, 1.165) is 19.1 Å². The fourth-order valence-corrected chi connectivity index (χ4v) is 2.19. The summed E-state index contributed by atoms with van der Waals surface area (Å²) in [5, 5.41) is 3.49. The number of likely N-dealkylation sites (N-methyl/N-ethyl adjacent to an activating group) is 2. The quantitative estimate of drug-likeness (QED) is 0.635. The van der Waals surface area contributed by atoms with Gasteiger partial charge >= 0.3 is 0 Å². The van der Waals surface area contributed by atoms with Gasteiger partial charge in [-0.3, -0.25) is 4.90 Å². The number of hydrogen-bond donors (Lipinski definition) is 1. The van der Waals surface area contributed by atoms with Crippen molar-refractivity contribution in [2.24, 2.45) is 0 Å². The van der Waals surface area contributed by atoms with Crippen LogP contribution in [0.5, 0.6) is 0 Å². The maximum Gasteiger partial charge on any atom is 0.0223 e. The molecule has 0 amide bonds. The van der Waals surface area contributed by atoms with Crippen molar-refractivity contribution in [3.63, 3.8) is 0 Å². The molecule has 0 aromatic carbocycles. The molecule has 1 N–H and O–H groups in total. The second kappa shape index (κ2) is 9.17. The zero-order chi connectivity index (χ0) is 11.7. The lowest BCUT2D eigenvalue weighted by Gasteiger charge is -2.35. The van der Waals surface area contributed by atoms with Gasteiger partial charge in [0.05, 0.1) is 0 Å². The van der Waals surface area contributed by atoms with Crippen LogP contribution in [0.1, 0.15) is 53.9 Å². The zero-order valence-electron chi connectivity index (χ0n) is 11.3. The molecule has 0 radical (unpaired) electrons. The Hall–Kier alpha value is -0.0800. The number of nitrogens with one attached hydrogen (secondary N) is 1. The van der Waals surface area contributed by atoms with Crippen LogP contribution in [-0.2, 0) is 0 Å². The minimum absolute atomic E-state index is 0.713. The highest BCUT2D eigenvalue weighted by Crippen LogP contribution is 2.12. The smallest absolute Gasteiger partial charge is 0.0223 e. The van der Waals surface area contributed by atoms with E-state index in [1.165, 1.54) is 25.8 Å². The molecule has 0 aliphatic rings. The van der Waals surface area contributed by atoms with Crippen LogP contribution in [0.4, 0.5) is 0 Å². The number of nitrogens with zero attached hydrogens (tertiary/aromatic N) is 1. The van der Waals surface area contributed by atoms with Crippen molar-refractivity contribution in [2.75, 3.05) is 19.6 Å². The molecule has 0 rings (SSSR count). The fourth-order valence-electron chi connectivity index (χ4n) is 2.19. The Morgan fingerprint density at radius 1 is 1.13 bits per heavy atom. The number of hydrogen-bond acceptors (Lipinski definition) is 2. The van der Waals surface area contributed by atoms with Crippen molar-refractivity contribution in [1.82, 2.24) is 10.2 Å². The molecule has 0 aliphatic carbocycles. The molecule has 92 valence electrons. The van der Waals surface area contributed by atoms with E-state index in [0.29, 0.717) is 6.04 Å². The average molecular weight is 214 g/mol. The molecule has 0 aliphatic heterocycles. The Labute approximate surface area is 96.4 Å². The Kier molecular flexibility index (Phi) is 9.12. The van der Waals surface area contributed by atoms with Crippen molar-refractivity contribution in [1.29, 1.82) is 0 Å². The second-order valence-electron chi connectivity index (χ2n) is 4.34. The molecule has 2 atom stereocenters. The highest BCUT2D eigenvalue weighted by Gasteiger charge is 2.19. The molecule has 2 nitrogen and oxygen atoms in total. The molecule has 2 heteroatoms. The first-order valence-corrected chi connectivity index (χ1v) is 6.67. The molecule has 0 aromatic heterocycles. The van der Waals surface area contributed by atoms with Gasteiger partial charge in [0, 0.05) is 18.6 Å². The summed E-state index contributed by atoms with van der Waals surface area (Å²) in [4.78, 5) is 2.64. The first-order valence-electron chi connectivity index (χ1n) is 6.67. The van der Waals surface area contributed by atoms with Gasteiger partial charge in [-0.2, -0.15) is 0 Å². The van der Waals surface area contributed by atoms with E-state index >= 15 is 0 Å². The molecule has 0 spiro atoms. The summed E-state index contributed by atoms with van der Waals surface area (Å²) >= 11 is 0. The van der Waals surface area contributed by atoms with Gasteiger partial charge in [-0.25, -0.2) is 0 Å². The van der Waals surface area contributed by atoms with E-state index in [4.69, 9.17) is 0 Å². The number of rotatable bonds is 9. The van der Waals surface area contributed by atoms with E-state index in [1.54, 1.807) is 0 Å². The van der Waals surface area contributed by atoms with Gasteiger partial charge < -0.3 is 5.32 Å². The van der Waals surface area contributed by atoms with E-state index in [9.17, 15) is 0 Å². The Morgan fingerprint density at radius 3 is 2.20 bits per heavy atom. The summed E-state index contributed by atoms with van der Waals surface area (Å²) in [6.07, 6.45) is 3.84. The summed E-state index contributed by atoms with van der Waals surface area (Å²) in [5.74, 6) is 0. The first kappa shape index (κ1) is 14.9. The highest BCUT2D eigenvalue weighted by atomic mass is 15.2. The van der Waals surface area contributed by atoms with E-state index in [1.807, 2.05) is 0 Å². The summed E-state index contributed by atoms with van der Waals surface area (Å²) in [5.41, 5.74) is 0. The second-order valence-corrected chi connectivity index (χ2v) is 4.34. The standard InChI is InChI=1S/C13H30N2/c1-6-10-13(11-14-8-3)15(9-4)12(5)7-2/h12-14H,6-11H2,1-5H3. The van der Waals surface area contributed by atoms with Crippen molar-refractivity contribution in [3.05, 3.63) is 0 Å². The lowest BCUT2D eigenvalue weighted by Crippen LogP contribution is -2.46. The molecule has 0 heterocycles. The van der Waals surface area contributed by atoms with E-state index in [-0.39, 0.29) is 0 Å². The first-order chi connectivity index (χ1) is 7.21. The van der Waals surface area contributed by atoms with Crippen LogP contribution >= 0.6 is 0 Å². The van der Waals surface area contributed by atoms with E-state index < -0.39 is 0 Å². The molecular weight excluding hydrogens is 184 g/mol. The predicted molar refractivity (Wildman–Crippen MR) is 69.4 cm³/mol. The van der Waals surface area contributed by atoms with Crippen LogP contribution in [-0.4, -0.2) is 36.6 Å². The lowest BCUT2D eigenvalue weighted by atomic mass is 10.1. The average Bonchev–Trinajstić information content (AvgIpc) is 2.26. The maximum atomic E-state index is 3.49. The third-order valence-corrected chi connectivity index (χ3v) is 3.24. The molecule has 0 aromatic rings. The van der Waals surface area contributed by atoms with Gasteiger partial charge in [-0.1, -0.05) is 34.1 Å². The van der Waals surface area contributed by atoms with Crippen LogP contribution in [0.2, 0.25) is 0 Å². The lowest BCUT2D eigenvalue weighted by molar-refractivity contribution is 0.137. The Morgan fingerprint density at radius 2 is 1.80 bits per heavy atom. The van der Waals surface area contributed by atoms with Crippen molar-refractivity contribution in [3.8, 4) is 0 Å². The van der Waals surface area contributed by atoms with Crippen LogP contribution in [0.3, 0.4) is 0 Å². The molecule has 15 heavy (non-hydrogen) atoms. The van der Waals surface area contributed by atoms with Gasteiger partial charge in [0.1, 0.15) is 0 Å². The minimum atomic E-state index is 0.713. The van der Waals surface area contributed by atoms with Crippen molar-refractivity contribution >= 4 is 0 Å². The van der Waals surface area contributed by atoms with Gasteiger partial charge in [-0.05, 0) is 32.9 Å². The van der Waals surface area contributed by atoms with Gasteiger partial charge in [0.2, 0.25) is 0 Å². The van der Waals surface area contributed by atoms with Crippen LogP contribution < -0.4 is 5.32 Å². The maximum absolute atomic E-state index is 3.49. The summed E-state index contributed by atoms with van der Waals surface area (Å²) in [6.45, 7) is 14.8. The van der Waals surface area contributed by atoms with Crippen molar-refractivity contribution in [2.45, 2.75) is 66.0 Å². The molecule has 0 saturated heterocycles. The fraction of sp³-hybridized carbons (Fsp3) is 1.00. The third kappa shape index (κ3) is 5.53. The minimum Gasteiger partial charge on any atom is -0.315 e. The summed E-state index contributed by atoms with van der Waals surface area (Å²) < 4.78 is 0. The van der Waals surface area contributed by atoms with Gasteiger partial charge in [0.25, 0.3) is 0 Å². The molecule has 0 saturated carbocycles. The Bertz CT molecular complexity index is 136. The van der Waals surface area contributed by atoms with E-state index in [2.05, 4.69) is 44.8 Å². The third-order valence-electron chi connectivity index (χ3n) is 3.24. The molecule has 0 fully saturated rings. The Balaban J connectivity index is 4.25. The monoisotopic (exact) mass is 214 g/mol. The highest BCUT2D eigenvalue weighted by molar-refractivity contribution is 4.76. The van der Waals surface area contributed by atoms with Crippen LogP contribution in [0.25, 0.3) is 0 Å². The predicted octanol–water partition coefficient (Wildman–Crippen LogP) is 2.89. The van der Waals surface area contributed by atoms with Crippen LogP contribution in [0.15, 0.2) is 0 Å². The normalized spacial score (nSPS) is 15.6. The van der Waals surface area contributed by atoms with Gasteiger partial charge in [0.15, 0.2) is 0 Å². The molecular formula is C13H30N2. The SMILES string of the molecule is CCCC(CNCC)N(CC)C(C)CC. The summed E-state index contributed by atoms with van der Waals surface area (Å²) in [7, 11) is 0. The zero-order valence-corrected chi connectivity index (χ0v) is 11.3.